The first-order valence-corrected chi connectivity index (χ1v) is 18.2. The standard InChI is InChI=1S/C36H49ClN4O15/c1-16-8-7-9-23(50-5)36(49)14-21(53-34(48)40-36)17(2)30-35(3,56-30)24(54-33(47)39-4)13-25(44)41(19-11-18(10-16)12-20(43)26(19)37)31-27(45)29(51-6)28(55-32(38)46)22(15-42)52-31/h7-9,11-12,17,21-24,27-31,42-43,45,49H,10,13-15H2,1-6H3,(H2,38,46)(H,39,47)(H,40,48)/t17-,21+,22+,23-,24+,27+,28+,29+,30+,31+,35+,36+/m1/s1. The summed E-state index contributed by atoms with van der Waals surface area (Å²) < 4.78 is 39.8. The van der Waals surface area contributed by atoms with Crippen LogP contribution in [0.1, 0.15) is 39.2 Å². The first-order valence-electron chi connectivity index (χ1n) is 17.8. The van der Waals surface area contributed by atoms with Crippen molar-refractivity contribution in [2.24, 2.45) is 11.7 Å². The SMILES string of the molecule is CNC(=O)O[C@H]1CC(=O)N([C@H]2O[C@@H](CO)[C@H](OC(N)=O)[C@@H](OC)[C@@H]2O)c2cc(cc(O)c2Cl)CC(C)=CC=C[C@@H](OC)[C@@]2(O)C[C@H](OC(=O)N2)[C@@H](C)[C@@H]2O[C@@]12C. The van der Waals surface area contributed by atoms with Gasteiger partial charge in [-0.1, -0.05) is 42.3 Å². The fourth-order valence-corrected chi connectivity index (χ4v) is 7.85. The second-order valence-electron chi connectivity index (χ2n) is 14.4. The Bertz CT molecular complexity index is 1730. The number of carbonyl (C=O) groups is 4. The smallest absolute Gasteiger partial charge is 0.409 e. The summed E-state index contributed by atoms with van der Waals surface area (Å²) in [7, 11) is 3.88. The van der Waals surface area contributed by atoms with Crippen LogP contribution in [0.15, 0.2) is 35.9 Å². The van der Waals surface area contributed by atoms with Gasteiger partial charge in [0, 0.05) is 33.6 Å². The Morgan fingerprint density at radius 3 is 2.52 bits per heavy atom. The summed E-state index contributed by atoms with van der Waals surface area (Å²) in [6, 6.07) is 2.86. The maximum Gasteiger partial charge on any atom is 0.409 e. The van der Waals surface area contributed by atoms with Crippen molar-refractivity contribution >= 4 is 41.5 Å². The molecule has 12 atom stereocenters. The number of alkyl carbamates (subject to hydrolysis) is 2. The van der Waals surface area contributed by atoms with Gasteiger partial charge in [0.1, 0.15) is 53.0 Å². The molecule has 0 aromatic heterocycles. The molecule has 56 heavy (non-hydrogen) atoms. The molecule has 3 saturated heterocycles. The van der Waals surface area contributed by atoms with E-state index in [9.17, 15) is 39.6 Å². The Labute approximate surface area is 327 Å². The van der Waals surface area contributed by atoms with Crippen LogP contribution in [0.25, 0.3) is 0 Å². The third-order valence-electron chi connectivity index (χ3n) is 10.6. The number of anilines is 1. The number of phenolic OH excluding ortho intramolecular Hbond substituents is 1. The monoisotopic (exact) mass is 812 g/mol. The van der Waals surface area contributed by atoms with E-state index in [0.717, 1.165) is 10.5 Å². The maximum absolute atomic E-state index is 14.8. The molecule has 5 rings (SSSR count). The number of nitrogens with zero attached hydrogens (tertiary/aromatic N) is 1. The zero-order chi connectivity index (χ0) is 41.3. The van der Waals surface area contributed by atoms with E-state index >= 15 is 0 Å². The van der Waals surface area contributed by atoms with Gasteiger partial charge in [0.2, 0.25) is 5.91 Å². The minimum Gasteiger partial charge on any atom is -0.506 e. The van der Waals surface area contributed by atoms with Crippen molar-refractivity contribution in [2.75, 3.05) is 32.8 Å². The number of aliphatic hydroxyl groups is 3. The predicted molar refractivity (Wildman–Crippen MR) is 194 cm³/mol. The van der Waals surface area contributed by atoms with Gasteiger partial charge in [0.15, 0.2) is 18.1 Å². The Hall–Kier alpha value is -4.21. The van der Waals surface area contributed by atoms with E-state index in [1.807, 2.05) is 0 Å². The van der Waals surface area contributed by atoms with Crippen LogP contribution in [0.3, 0.4) is 0 Å². The Morgan fingerprint density at radius 2 is 1.89 bits per heavy atom. The number of aromatic hydroxyl groups is 1. The second-order valence-corrected chi connectivity index (χ2v) is 14.8. The number of phenols is 1. The van der Waals surface area contributed by atoms with Crippen LogP contribution in [-0.2, 0) is 44.4 Å². The summed E-state index contributed by atoms with van der Waals surface area (Å²) in [4.78, 5) is 53.2. The zero-order valence-corrected chi connectivity index (χ0v) is 32.4. The van der Waals surface area contributed by atoms with Gasteiger partial charge < -0.3 is 64.6 Å². The summed E-state index contributed by atoms with van der Waals surface area (Å²) in [6.45, 7) is 4.29. The normalized spacial score (nSPS) is 36.3. The number of amides is 4. The van der Waals surface area contributed by atoms with Crippen LogP contribution in [0.5, 0.6) is 5.75 Å². The lowest BCUT2D eigenvalue weighted by Crippen LogP contribution is -2.66. The summed E-state index contributed by atoms with van der Waals surface area (Å²) in [5, 5.41) is 49.4. The zero-order valence-electron chi connectivity index (χ0n) is 31.7. The van der Waals surface area contributed by atoms with Crippen molar-refractivity contribution in [2.45, 2.75) is 106 Å². The molecular weight excluding hydrogens is 764 g/mol. The number of nitrogens with two attached hydrogens (primary N) is 1. The van der Waals surface area contributed by atoms with E-state index in [-0.39, 0.29) is 23.6 Å². The highest BCUT2D eigenvalue weighted by Crippen LogP contribution is 2.49. The topological polar surface area (TPSA) is 270 Å². The van der Waals surface area contributed by atoms with Crippen LogP contribution in [0.2, 0.25) is 5.02 Å². The van der Waals surface area contributed by atoms with Gasteiger partial charge in [0.05, 0.1) is 24.8 Å². The number of methoxy groups -OCH3 is 2. The highest BCUT2D eigenvalue weighted by atomic mass is 35.5. The highest BCUT2D eigenvalue weighted by Gasteiger charge is 2.65. The molecule has 1 aromatic carbocycles. The molecule has 3 fully saturated rings. The fourth-order valence-electron chi connectivity index (χ4n) is 7.65. The molecule has 20 heteroatoms. The molecule has 4 heterocycles. The number of primary amides is 1. The molecular formula is C36H49ClN4O15. The van der Waals surface area contributed by atoms with Gasteiger partial charge in [0.25, 0.3) is 0 Å². The number of benzene rings is 1. The van der Waals surface area contributed by atoms with Crippen LogP contribution < -0.4 is 21.3 Å². The fraction of sp³-hybridized carbons (Fsp3) is 0.611. The third kappa shape index (κ3) is 8.69. The highest BCUT2D eigenvalue weighted by molar-refractivity contribution is 6.35. The summed E-state index contributed by atoms with van der Waals surface area (Å²) >= 11 is 6.71. The number of nitrogens with one attached hydrogen (secondary N) is 2. The molecule has 0 radical (unpaired) electrons. The Kier molecular flexibility index (Phi) is 13.1. The maximum atomic E-state index is 14.8. The number of rotatable bonds is 6. The first-order chi connectivity index (χ1) is 26.4. The molecule has 0 spiro atoms. The van der Waals surface area contributed by atoms with E-state index in [1.54, 1.807) is 39.0 Å². The Morgan fingerprint density at radius 1 is 1.18 bits per heavy atom. The summed E-state index contributed by atoms with van der Waals surface area (Å²) in [5.74, 6) is -1.96. The summed E-state index contributed by atoms with van der Waals surface area (Å²) in [5.41, 5.74) is 2.98. The lowest BCUT2D eigenvalue weighted by molar-refractivity contribution is -0.234. The molecule has 310 valence electrons. The van der Waals surface area contributed by atoms with Gasteiger partial charge >= 0.3 is 18.3 Å². The number of halogens is 1. The van der Waals surface area contributed by atoms with E-state index in [1.165, 1.54) is 33.4 Å². The average Bonchev–Trinajstić information content (AvgIpc) is 3.83. The quantitative estimate of drug-likeness (QED) is 0.157. The lowest BCUT2D eigenvalue weighted by atomic mass is 9.83. The van der Waals surface area contributed by atoms with Crippen LogP contribution in [-0.4, -0.2) is 139 Å². The number of hydrogen-bond acceptors (Lipinski definition) is 15. The largest absolute Gasteiger partial charge is 0.506 e. The molecule has 0 unspecified atom stereocenters. The van der Waals surface area contributed by atoms with Crippen LogP contribution in [0.4, 0.5) is 20.1 Å². The van der Waals surface area contributed by atoms with Crippen molar-refractivity contribution in [1.29, 1.82) is 0 Å². The number of aliphatic hydroxyl groups excluding tert-OH is 2. The van der Waals surface area contributed by atoms with Crippen molar-refractivity contribution in [3.63, 3.8) is 0 Å². The number of allylic oxidation sites excluding steroid dienone is 3. The third-order valence-corrected chi connectivity index (χ3v) is 11.0. The molecule has 4 bridgehead atoms. The number of ether oxygens (including phenoxy) is 7. The molecule has 8 N–H and O–H groups in total. The van der Waals surface area contributed by atoms with Gasteiger partial charge in [-0.05, 0) is 38.0 Å². The molecule has 4 aliphatic heterocycles. The van der Waals surface area contributed by atoms with Crippen molar-refractivity contribution < 1.29 is 72.8 Å². The van der Waals surface area contributed by atoms with Gasteiger partial charge in [-0.25, -0.2) is 14.4 Å². The van der Waals surface area contributed by atoms with E-state index in [0.29, 0.717) is 5.56 Å². The van der Waals surface area contributed by atoms with E-state index in [4.69, 9.17) is 50.5 Å². The molecule has 4 amide bonds. The number of epoxide rings is 1. The lowest BCUT2D eigenvalue weighted by Gasteiger charge is -2.46. The Balaban J connectivity index is 1.67. The number of hydrogen-bond donors (Lipinski definition) is 7. The van der Waals surface area contributed by atoms with Crippen LogP contribution in [0, 0.1) is 5.92 Å². The molecule has 0 saturated carbocycles. The minimum atomic E-state index is -1.91. The van der Waals surface area contributed by atoms with Crippen molar-refractivity contribution in [1.82, 2.24) is 10.6 Å². The number of fused-ring (bicyclic) bond motifs is 5. The second kappa shape index (κ2) is 17.1. The van der Waals surface area contributed by atoms with E-state index in [2.05, 4.69) is 10.6 Å². The van der Waals surface area contributed by atoms with E-state index < -0.39 is 115 Å². The predicted octanol–water partition coefficient (Wildman–Crippen LogP) is 1.10. The molecule has 1 aromatic rings. The summed E-state index contributed by atoms with van der Waals surface area (Å²) in [6.07, 6.45) is -10.7. The van der Waals surface area contributed by atoms with Gasteiger partial charge in [-0.2, -0.15) is 0 Å². The minimum absolute atomic E-state index is 0.136. The molecule has 19 nitrogen and oxygen atoms in total. The van der Waals surface area contributed by atoms with Crippen molar-refractivity contribution in [3.05, 3.63) is 46.5 Å². The van der Waals surface area contributed by atoms with Crippen LogP contribution >= 0.6 is 11.6 Å². The number of carbonyl (C=O) groups excluding carboxylic acids is 4. The molecule has 0 aliphatic carbocycles. The van der Waals surface area contributed by atoms with Crippen molar-refractivity contribution in [3.8, 4) is 5.75 Å². The van der Waals surface area contributed by atoms with Gasteiger partial charge in [-0.3, -0.25) is 15.0 Å². The average molecular weight is 813 g/mol. The van der Waals surface area contributed by atoms with Gasteiger partial charge in [-0.15, -0.1) is 0 Å². The first kappa shape index (κ1) is 42.9. The molecule has 4 aliphatic rings.